The molecular formula is C17H21FN4OS. The number of aryl methyl sites for hydroxylation is 1. The minimum atomic E-state index is -0.158. The van der Waals surface area contributed by atoms with Crippen molar-refractivity contribution in [3.05, 3.63) is 41.2 Å². The predicted octanol–water partition coefficient (Wildman–Crippen LogP) is 2.71. The number of halogens is 1. The zero-order chi connectivity index (χ0) is 16.5. The molecule has 1 N–H and O–H groups in total. The van der Waals surface area contributed by atoms with E-state index in [0.29, 0.717) is 12.6 Å². The molecule has 24 heavy (non-hydrogen) atoms. The van der Waals surface area contributed by atoms with E-state index in [0.717, 1.165) is 48.8 Å². The van der Waals surface area contributed by atoms with Crippen LogP contribution in [-0.4, -0.2) is 33.7 Å². The summed E-state index contributed by atoms with van der Waals surface area (Å²) in [4.78, 5) is 5.71. The summed E-state index contributed by atoms with van der Waals surface area (Å²) in [6, 6.07) is 5.67. The standard InChI is InChI=1S/C17H21FN4OS/c1-23-10-16-20-17-5-3-12(9-22(17)21-16)19-14-6-7-24-15-4-2-11(18)8-13(14)15/h2,4,8,12,14,19H,3,5-7,9-10H2,1H3/t12-,14+/m0/s1. The van der Waals surface area contributed by atoms with Crippen LogP contribution in [0.5, 0.6) is 0 Å². The van der Waals surface area contributed by atoms with Crippen LogP contribution in [0.1, 0.15) is 36.1 Å². The van der Waals surface area contributed by atoms with E-state index in [-0.39, 0.29) is 11.9 Å². The van der Waals surface area contributed by atoms with E-state index in [2.05, 4.69) is 15.4 Å². The Hall–Kier alpha value is -1.44. The smallest absolute Gasteiger partial charge is 0.176 e. The third-order valence-corrected chi connectivity index (χ3v) is 5.75. The summed E-state index contributed by atoms with van der Waals surface area (Å²) in [6.45, 7) is 1.25. The molecule has 0 bridgehead atoms. The molecule has 0 fully saturated rings. The van der Waals surface area contributed by atoms with Crippen molar-refractivity contribution in [3.63, 3.8) is 0 Å². The lowest BCUT2D eigenvalue weighted by molar-refractivity contribution is 0.177. The Kier molecular flexibility index (Phi) is 4.56. The van der Waals surface area contributed by atoms with Gasteiger partial charge in [-0.3, -0.25) is 0 Å². The van der Waals surface area contributed by atoms with Crippen molar-refractivity contribution in [2.24, 2.45) is 0 Å². The molecule has 0 saturated heterocycles. The molecule has 0 radical (unpaired) electrons. The maximum atomic E-state index is 13.6. The summed E-state index contributed by atoms with van der Waals surface area (Å²) in [5.41, 5.74) is 1.09. The average molecular weight is 348 g/mol. The van der Waals surface area contributed by atoms with Gasteiger partial charge in [0.1, 0.15) is 18.2 Å². The fourth-order valence-corrected chi connectivity index (χ4v) is 4.62. The van der Waals surface area contributed by atoms with Gasteiger partial charge in [0.15, 0.2) is 5.82 Å². The van der Waals surface area contributed by atoms with E-state index in [1.807, 2.05) is 22.5 Å². The summed E-state index contributed by atoms with van der Waals surface area (Å²) in [6.07, 6.45) is 2.96. The number of fused-ring (bicyclic) bond motifs is 2. The van der Waals surface area contributed by atoms with Crippen LogP contribution in [0.4, 0.5) is 4.39 Å². The molecule has 2 atom stereocenters. The molecule has 3 heterocycles. The van der Waals surface area contributed by atoms with E-state index in [4.69, 9.17) is 4.74 Å². The molecule has 0 spiro atoms. The molecule has 4 rings (SSSR count). The van der Waals surface area contributed by atoms with Crippen LogP contribution >= 0.6 is 11.8 Å². The molecule has 0 saturated carbocycles. The molecule has 0 aliphatic carbocycles. The number of thioether (sulfide) groups is 1. The molecule has 2 aliphatic heterocycles. The zero-order valence-corrected chi connectivity index (χ0v) is 14.5. The number of hydrogen-bond donors (Lipinski definition) is 1. The van der Waals surface area contributed by atoms with E-state index >= 15 is 0 Å². The topological polar surface area (TPSA) is 52.0 Å². The van der Waals surface area contributed by atoms with Crippen molar-refractivity contribution in [2.75, 3.05) is 12.9 Å². The lowest BCUT2D eigenvalue weighted by atomic mass is 10.00. The maximum Gasteiger partial charge on any atom is 0.176 e. The Balaban J connectivity index is 1.48. The largest absolute Gasteiger partial charge is 0.377 e. The van der Waals surface area contributed by atoms with Gasteiger partial charge in [-0.15, -0.1) is 11.8 Å². The second-order valence-corrected chi connectivity index (χ2v) is 7.47. The minimum Gasteiger partial charge on any atom is -0.377 e. The molecular weight excluding hydrogens is 327 g/mol. The van der Waals surface area contributed by atoms with E-state index in [9.17, 15) is 4.39 Å². The summed E-state index contributed by atoms with van der Waals surface area (Å²) in [5.74, 6) is 2.69. The highest BCUT2D eigenvalue weighted by Crippen LogP contribution is 2.37. The lowest BCUT2D eigenvalue weighted by Gasteiger charge is -2.32. The van der Waals surface area contributed by atoms with Crippen molar-refractivity contribution < 1.29 is 9.13 Å². The molecule has 0 unspecified atom stereocenters. The van der Waals surface area contributed by atoms with Crippen LogP contribution in [0, 0.1) is 5.82 Å². The summed E-state index contributed by atoms with van der Waals surface area (Å²) >= 11 is 1.81. The van der Waals surface area contributed by atoms with Gasteiger partial charge in [-0.05, 0) is 42.4 Å². The summed E-state index contributed by atoms with van der Waals surface area (Å²) < 4.78 is 20.7. The van der Waals surface area contributed by atoms with Crippen molar-refractivity contribution in [3.8, 4) is 0 Å². The highest BCUT2D eigenvalue weighted by molar-refractivity contribution is 7.99. The molecule has 1 aromatic heterocycles. The second kappa shape index (κ2) is 6.82. The van der Waals surface area contributed by atoms with E-state index in [1.165, 1.54) is 4.90 Å². The lowest BCUT2D eigenvalue weighted by Crippen LogP contribution is -2.40. The Morgan fingerprint density at radius 2 is 2.33 bits per heavy atom. The molecule has 1 aromatic carbocycles. The zero-order valence-electron chi connectivity index (χ0n) is 13.7. The Morgan fingerprint density at radius 1 is 1.42 bits per heavy atom. The quantitative estimate of drug-likeness (QED) is 0.921. The van der Waals surface area contributed by atoms with Crippen LogP contribution in [-0.2, 0) is 24.3 Å². The van der Waals surface area contributed by atoms with Crippen LogP contribution in [0.25, 0.3) is 0 Å². The molecule has 2 aromatic rings. The highest BCUT2D eigenvalue weighted by Gasteiger charge is 2.27. The Bertz CT molecular complexity index is 735. The molecule has 5 nitrogen and oxygen atoms in total. The van der Waals surface area contributed by atoms with Gasteiger partial charge in [-0.2, -0.15) is 5.10 Å². The number of nitrogens with one attached hydrogen (secondary N) is 1. The number of methoxy groups -OCH3 is 1. The van der Waals surface area contributed by atoms with Gasteiger partial charge in [-0.1, -0.05) is 0 Å². The van der Waals surface area contributed by atoms with E-state index in [1.54, 1.807) is 19.2 Å². The molecule has 128 valence electrons. The SMILES string of the molecule is COCc1nc2n(n1)C[C@@H](N[C@@H]1CCSc3ccc(F)cc31)CC2. The van der Waals surface area contributed by atoms with Crippen LogP contribution in [0.3, 0.4) is 0 Å². The van der Waals surface area contributed by atoms with Gasteiger partial charge in [0.25, 0.3) is 0 Å². The minimum absolute atomic E-state index is 0.158. The number of hydrogen-bond acceptors (Lipinski definition) is 5. The van der Waals surface area contributed by atoms with Gasteiger partial charge < -0.3 is 10.1 Å². The maximum absolute atomic E-state index is 13.6. The fourth-order valence-electron chi connectivity index (χ4n) is 3.51. The van der Waals surface area contributed by atoms with Crippen LogP contribution in [0.15, 0.2) is 23.1 Å². The first-order valence-corrected chi connectivity index (χ1v) is 9.31. The number of aromatic nitrogens is 3. The first-order chi connectivity index (χ1) is 11.7. The second-order valence-electron chi connectivity index (χ2n) is 6.33. The Morgan fingerprint density at radius 3 is 3.21 bits per heavy atom. The first-order valence-electron chi connectivity index (χ1n) is 8.33. The summed E-state index contributed by atoms with van der Waals surface area (Å²) in [7, 11) is 1.65. The monoisotopic (exact) mass is 348 g/mol. The van der Waals surface area contributed by atoms with Gasteiger partial charge in [0.05, 0.1) is 6.54 Å². The van der Waals surface area contributed by atoms with Crippen molar-refractivity contribution in [1.29, 1.82) is 0 Å². The normalized spacial score (nSPS) is 22.9. The third kappa shape index (κ3) is 3.20. The average Bonchev–Trinajstić information content (AvgIpc) is 2.97. The van der Waals surface area contributed by atoms with Gasteiger partial charge >= 0.3 is 0 Å². The number of nitrogens with zero attached hydrogens (tertiary/aromatic N) is 3. The van der Waals surface area contributed by atoms with E-state index < -0.39 is 0 Å². The molecule has 2 aliphatic rings. The highest BCUT2D eigenvalue weighted by atomic mass is 32.2. The predicted molar refractivity (Wildman–Crippen MR) is 90.5 cm³/mol. The molecule has 7 heteroatoms. The number of ether oxygens (including phenoxy) is 1. The Labute approximate surface area is 145 Å². The van der Waals surface area contributed by atoms with Crippen molar-refractivity contribution in [2.45, 2.75) is 49.4 Å². The fraction of sp³-hybridized carbons (Fsp3) is 0.529. The number of benzene rings is 1. The van der Waals surface area contributed by atoms with Crippen molar-refractivity contribution >= 4 is 11.8 Å². The third-order valence-electron chi connectivity index (χ3n) is 4.62. The first kappa shape index (κ1) is 16.1. The molecule has 0 amide bonds. The van der Waals surface area contributed by atoms with Gasteiger partial charge in [0, 0.05) is 30.5 Å². The number of rotatable bonds is 4. The van der Waals surface area contributed by atoms with Crippen LogP contribution < -0.4 is 5.32 Å². The van der Waals surface area contributed by atoms with Crippen molar-refractivity contribution in [1.82, 2.24) is 20.1 Å². The van der Waals surface area contributed by atoms with Crippen LogP contribution in [0.2, 0.25) is 0 Å². The summed E-state index contributed by atoms with van der Waals surface area (Å²) in [5, 5.41) is 8.24. The van der Waals surface area contributed by atoms with Gasteiger partial charge in [-0.25, -0.2) is 14.1 Å². The van der Waals surface area contributed by atoms with Gasteiger partial charge in [0.2, 0.25) is 0 Å².